The first-order valence-electron chi connectivity index (χ1n) is 7.43. The van der Waals surface area contributed by atoms with Gasteiger partial charge >= 0.3 is 6.18 Å². The third-order valence-electron chi connectivity index (χ3n) is 4.23. The summed E-state index contributed by atoms with van der Waals surface area (Å²) >= 11 is 0. The summed E-state index contributed by atoms with van der Waals surface area (Å²) < 4.78 is 55.0. The van der Waals surface area contributed by atoms with E-state index in [1.165, 1.54) is 24.3 Å². The molecule has 1 aliphatic heterocycles. The van der Waals surface area contributed by atoms with E-state index in [1.54, 1.807) is 19.9 Å². The van der Waals surface area contributed by atoms with Gasteiger partial charge in [0.05, 0.1) is 0 Å². The predicted molar refractivity (Wildman–Crippen MR) is 81.4 cm³/mol. The van der Waals surface area contributed by atoms with E-state index in [2.05, 4.69) is 5.43 Å². The van der Waals surface area contributed by atoms with Crippen LogP contribution in [0.4, 0.5) is 17.6 Å². The minimum Gasteiger partial charge on any atom is -0.287 e. The maximum Gasteiger partial charge on any atom is 0.409 e. The van der Waals surface area contributed by atoms with Crippen LogP contribution in [-0.2, 0) is 4.79 Å². The molecule has 1 amide bonds. The lowest BCUT2D eigenvalue weighted by molar-refractivity contribution is -0.203. The van der Waals surface area contributed by atoms with Gasteiger partial charge in [0.15, 0.2) is 6.04 Å². The fourth-order valence-electron chi connectivity index (χ4n) is 3.20. The Kier molecular flexibility index (Phi) is 3.79. The van der Waals surface area contributed by atoms with Gasteiger partial charge in [0.2, 0.25) is 5.91 Å². The van der Waals surface area contributed by atoms with Gasteiger partial charge in [-0.15, -0.1) is 0 Å². The number of carbonyl (C=O) groups is 1. The van der Waals surface area contributed by atoms with Crippen molar-refractivity contribution < 1.29 is 22.4 Å². The number of nitrogens with one attached hydrogen (secondary N) is 1. The first kappa shape index (κ1) is 16.7. The molecule has 1 N–H and O–H groups in total. The summed E-state index contributed by atoms with van der Waals surface area (Å²) in [5.74, 6) is -0.974. The lowest BCUT2D eigenvalue weighted by Crippen LogP contribution is -2.51. The van der Waals surface area contributed by atoms with E-state index in [0.717, 1.165) is 11.1 Å². The molecule has 2 aromatic carbocycles. The van der Waals surface area contributed by atoms with E-state index in [4.69, 9.17) is 0 Å². The average molecular weight is 340 g/mol. The van der Waals surface area contributed by atoms with Crippen LogP contribution in [0, 0.1) is 5.82 Å². The van der Waals surface area contributed by atoms with Crippen molar-refractivity contribution >= 4 is 16.7 Å². The standard InChI is InChI=1S/C17H16F4N2O/c1-16(2)9-14(24)22-23(16)15(17(19,20)21)13-5-3-4-10-8-11(18)6-7-12(10)13/h3-8,15H,9H2,1-2H3,(H,22,24). The van der Waals surface area contributed by atoms with Gasteiger partial charge in [-0.3, -0.25) is 10.2 Å². The molecule has 0 aliphatic carbocycles. The van der Waals surface area contributed by atoms with E-state index in [0.29, 0.717) is 10.8 Å². The Morgan fingerprint density at radius 2 is 1.92 bits per heavy atom. The highest BCUT2D eigenvalue weighted by atomic mass is 19.4. The molecule has 1 unspecified atom stereocenters. The van der Waals surface area contributed by atoms with Gasteiger partial charge in [-0.25, -0.2) is 4.39 Å². The molecule has 7 heteroatoms. The minimum absolute atomic E-state index is 0.0183. The van der Waals surface area contributed by atoms with Crippen molar-refractivity contribution in [1.82, 2.24) is 10.4 Å². The van der Waals surface area contributed by atoms with E-state index in [9.17, 15) is 22.4 Å². The summed E-state index contributed by atoms with van der Waals surface area (Å²) in [6.07, 6.45) is -4.64. The molecule has 1 atom stereocenters. The summed E-state index contributed by atoms with van der Waals surface area (Å²) in [4.78, 5) is 11.7. The number of alkyl halides is 3. The van der Waals surface area contributed by atoms with Crippen LogP contribution in [0.1, 0.15) is 31.9 Å². The fraction of sp³-hybridized carbons (Fsp3) is 0.353. The molecule has 2 aromatic rings. The smallest absolute Gasteiger partial charge is 0.287 e. The van der Waals surface area contributed by atoms with E-state index >= 15 is 0 Å². The molecule has 0 saturated carbocycles. The summed E-state index contributed by atoms with van der Waals surface area (Å²) in [5, 5.41) is 1.64. The summed E-state index contributed by atoms with van der Waals surface area (Å²) in [7, 11) is 0. The minimum atomic E-state index is -4.61. The Hall–Kier alpha value is -2.15. The summed E-state index contributed by atoms with van der Waals surface area (Å²) in [6, 6.07) is 6.02. The number of halogens is 4. The van der Waals surface area contributed by atoms with Crippen molar-refractivity contribution in [2.75, 3.05) is 0 Å². The van der Waals surface area contributed by atoms with Crippen LogP contribution in [0.5, 0.6) is 0 Å². The molecular formula is C17H16F4N2O. The Labute approximate surface area is 136 Å². The molecule has 128 valence electrons. The fourth-order valence-corrected chi connectivity index (χ4v) is 3.20. The van der Waals surface area contributed by atoms with Crippen LogP contribution in [0.25, 0.3) is 10.8 Å². The second-order valence-electron chi connectivity index (χ2n) is 6.55. The predicted octanol–water partition coefficient (Wildman–Crippen LogP) is 4.10. The van der Waals surface area contributed by atoms with Crippen molar-refractivity contribution in [2.24, 2.45) is 0 Å². The first-order valence-corrected chi connectivity index (χ1v) is 7.43. The zero-order chi connectivity index (χ0) is 17.7. The van der Waals surface area contributed by atoms with Gasteiger partial charge in [0, 0.05) is 12.0 Å². The molecule has 0 radical (unpaired) electrons. The van der Waals surface area contributed by atoms with Crippen LogP contribution in [-0.4, -0.2) is 22.6 Å². The lowest BCUT2D eigenvalue weighted by Gasteiger charge is -2.38. The second-order valence-corrected chi connectivity index (χ2v) is 6.55. The molecule has 1 fully saturated rings. The van der Waals surface area contributed by atoms with Crippen molar-refractivity contribution in [3.05, 3.63) is 47.8 Å². The monoisotopic (exact) mass is 340 g/mol. The first-order chi connectivity index (χ1) is 11.1. The number of benzene rings is 2. The SMILES string of the molecule is CC1(C)CC(=O)NN1C(c1cccc2cc(F)ccc12)C(F)(F)F. The number of carbonyl (C=O) groups excluding carboxylic acids is 1. The lowest BCUT2D eigenvalue weighted by atomic mass is 9.94. The largest absolute Gasteiger partial charge is 0.409 e. The van der Waals surface area contributed by atoms with Gasteiger partial charge < -0.3 is 0 Å². The van der Waals surface area contributed by atoms with Crippen molar-refractivity contribution in [3.8, 4) is 0 Å². The number of amides is 1. The van der Waals surface area contributed by atoms with Crippen molar-refractivity contribution in [3.63, 3.8) is 0 Å². The maximum atomic E-state index is 13.9. The molecule has 0 spiro atoms. The maximum absolute atomic E-state index is 13.9. The van der Waals surface area contributed by atoms with Gasteiger partial charge in [-0.2, -0.15) is 18.2 Å². The molecule has 1 saturated heterocycles. The number of fused-ring (bicyclic) bond motifs is 1. The third kappa shape index (κ3) is 2.84. The van der Waals surface area contributed by atoms with Crippen molar-refractivity contribution in [2.45, 2.75) is 38.0 Å². The highest BCUT2D eigenvalue weighted by molar-refractivity contribution is 5.86. The Morgan fingerprint density at radius 1 is 1.21 bits per heavy atom. The molecule has 1 heterocycles. The number of hydrogen-bond acceptors (Lipinski definition) is 2. The number of hydrazine groups is 1. The number of nitrogens with zero attached hydrogens (tertiary/aromatic N) is 1. The zero-order valence-electron chi connectivity index (χ0n) is 13.1. The highest BCUT2D eigenvalue weighted by Crippen LogP contribution is 2.44. The van der Waals surface area contributed by atoms with E-state index < -0.39 is 29.5 Å². The van der Waals surface area contributed by atoms with Gasteiger partial charge in [-0.05, 0) is 42.3 Å². The Morgan fingerprint density at radius 3 is 2.50 bits per heavy atom. The van der Waals surface area contributed by atoms with Crippen molar-refractivity contribution in [1.29, 1.82) is 0 Å². The van der Waals surface area contributed by atoms with Crippen LogP contribution >= 0.6 is 0 Å². The number of hydrogen-bond donors (Lipinski definition) is 1. The number of rotatable bonds is 2. The topological polar surface area (TPSA) is 32.3 Å². The Balaban J connectivity index is 2.20. The van der Waals surface area contributed by atoms with Gasteiger partial charge in [-0.1, -0.05) is 24.3 Å². The van der Waals surface area contributed by atoms with Crippen LogP contribution in [0.3, 0.4) is 0 Å². The Bertz CT molecular complexity index is 801. The quantitative estimate of drug-likeness (QED) is 0.835. The normalized spacial score (nSPS) is 19.5. The zero-order valence-corrected chi connectivity index (χ0v) is 13.1. The second kappa shape index (κ2) is 5.44. The third-order valence-corrected chi connectivity index (χ3v) is 4.23. The van der Waals surface area contributed by atoms with Crippen LogP contribution in [0.2, 0.25) is 0 Å². The van der Waals surface area contributed by atoms with Gasteiger partial charge in [0.1, 0.15) is 5.82 Å². The molecule has 24 heavy (non-hydrogen) atoms. The average Bonchev–Trinajstić information content (AvgIpc) is 2.70. The molecule has 0 bridgehead atoms. The molecule has 3 rings (SSSR count). The van der Waals surface area contributed by atoms with E-state index in [1.807, 2.05) is 0 Å². The molecular weight excluding hydrogens is 324 g/mol. The molecule has 1 aliphatic rings. The van der Waals surface area contributed by atoms with Crippen LogP contribution < -0.4 is 5.43 Å². The van der Waals surface area contributed by atoms with Gasteiger partial charge in [0.25, 0.3) is 0 Å². The summed E-state index contributed by atoms with van der Waals surface area (Å²) in [5.41, 5.74) is 1.31. The molecule has 3 nitrogen and oxygen atoms in total. The highest BCUT2D eigenvalue weighted by Gasteiger charge is 2.53. The van der Waals surface area contributed by atoms with E-state index in [-0.39, 0.29) is 12.0 Å². The summed E-state index contributed by atoms with van der Waals surface area (Å²) in [6.45, 7) is 3.16. The molecule has 0 aromatic heterocycles. The van der Waals surface area contributed by atoms with Crippen LogP contribution in [0.15, 0.2) is 36.4 Å².